The van der Waals surface area contributed by atoms with Crippen molar-refractivity contribution in [2.24, 2.45) is 0 Å². The molecular weight excluding hydrogens is 227 g/mol. The summed E-state index contributed by atoms with van der Waals surface area (Å²) in [6.07, 6.45) is 8.94. The van der Waals surface area contributed by atoms with Crippen molar-refractivity contribution in [3.63, 3.8) is 0 Å². The van der Waals surface area contributed by atoms with Crippen molar-refractivity contribution in [1.29, 1.82) is 0 Å². The Morgan fingerprint density at radius 2 is 2.11 bits per heavy atom. The van der Waals surface area contributed by atoms with Crippen molar-refractivity contribution in [1.82, 2.24) is 0 Å². The fraction of sp³-hybridized carbons (Fsp3) is 0.500. The second-order valence-electron chi connectivity index (χ2n) is 4.42. The van der Waals surface area contributed by atoms with Crippen LogP contribution in [-0.4, -0.2) is 6.61 Å². The average Bonchev–Trinajstić information content (AvgIpc) is 2.37. The zero-order chi connectivity index (χ0) is 13.4. The van der Waals surface area contributed by atoms with Crippen LogP contribution in [0.4, 0.5) is 4.39 Å². The third-order valence-corrected chi connectivity index (χ3v) is 2.87. The molecular formula is C16H21FO. The minimum atomic E-state index is -0.230. The van der Waals surface area contributed by atoms with Gasteiger partial charge in [0.15, 0.2) is 0 Å². The molecule has 0 amide bonds. The van der Waals surface area contributed by atoms with E-state index in [0.29, 0.717) is 13.0 Å². The van der Waals surface area contributed by atoms with E-state index in [-0.39, 0.29) is 11.7 Å². The molecule has 98 valence electrons. The van der Waals surface area contributed by atoms with E-state index < -0.39 is 0 Å². The van der Waals surface area contributed by atoms with E-state index >= 15 is 0 Å². The first-order valence-electron chi connectivity index (χ1n) is 6.58. The summed E-state index contributed by atoms with van der Waals surface area (Å²) in [7, 11) is 0. The lowest BCUT2D eigenvalue weighted by Gasteiger charge is -2.18. The summed E-state index contributed by atoms with van der Waals surface area (Å²) >= 11 is 0. The smallest absolute Gasteiger partial charge is 0.123 e. The zero-order valence-electron chi connectivity index (χ0n) is 11.2. The molecule has 0 radical (unpaired) electrons. The molecule has 0 saturated carbocycles. The second kappa shape index (κ2) is 7.76. The molecule has 0 spiro atoms. The van der Waals surface area contributed by atoms with Crippen LogP contribution in [0.3, 0.4) is 0 Å². The van der Waals surface area contributed by atoms with Gasteiger partial charge < -0.3 is 4.74 Å². The van der Waals surface area contributed by atoms with E-state index in [2.05, 4.69) is 12.8 Å². The minimum absolute atomic E-state index is 0.183. The van der Waals surface area contributed by atoms with E-state index in [4.69, 9.17) is 11.2 Å². The molecule has 1 aromatic rings. The maximum absolute atomic E-state index is 13.4. The lowest BCUT2D eigenvalue weighted by molar-refractivity contribution is 0.310. The SMILES string of the molecule is C#CCC(CCC)c1cc(F)ccc1OCCC. The van der Waals surface area contributed by atoms with Gasteiger partial charge in [0.05, 0.1) is 6.61 Å². The predicted octanol–water partition coefficient (Wildman–Crippen LogP) is 4.52. The van der Waals surface area contributed by atoms with Crippen LogP contribution in [0.1, 0.15) is 51.0 Å². The first kappa shape index (κ1) is 14.6. The Bertz CT molecular complexity index is 406. The second-order valence-corrected chi connectivity index (χ2v) is 4.42. The first-order chi connectivity index (χ1) is 8.72. The zero-order valence-corrected chi connectivity index (χ0v) is 11.2. The molecule has 18 heavy (non-hydrogen) atoms. The number of halogens is 1. The van der Waals surface area contributed by atoms with Gasteiger partial charge in [-0.2, -0.15) is 0 Å². The van der Waals surface area contributed by atoms with Gasteiger partial charge in [-0.15, -0.1) is 12.3 Å². The van der Waals surface area contributed by atoms with Gasteiger partial charge >= 0.3 is 0 Å². The number of hydrogen-bond donors (Lipinski definition) is 0. The minimum Gasteiger partial charge on any atom is -0.493 e. The van der Waals surface area contributed by atoms with Gasteiger partial charge in [-0.3, -0.25) is 0 Å². The summed E-state index contributed by atoms with van der Waals surface area (Å²) in [5.41, 5.74) is 0.906. The third kappa shape index (κ3) is 4.07. The molecule has 0 fully saturated rings. The third-order valence-electron chi connectivity index (χ3n) is 2.87. The summed E-state index contributed by atoms with van der Waals surface area (Å²) in [4.78, 5) is 0. The molecule has 1 atom stereocenters. The molecule has 0 saturated heterocycles. The molecule has 0 aromatic heterocycles. The molecule has 1 rings (SSSR count). The molecule has 0 bridgehead atoms. The first-order valence-corrected chi connectivity index (χ1v) is 6.58. The summed E-state index contributed by atoms with van der Waals surface area (Å²) in [6, 6.07) is 4.70. The predicted molar refractivity (Wildman–Crippen MR) is 73.3 cm³/mol. The summed E-state index contributed by atoms with van der Waals surface area (Å²) in [6.45, 7) is 4.80. The highest BCUT2D eigenvalue weighted by atomic mass is 19.1. The Hall–Kier alpha value is -1.49. The molecule has 0 aliphatic carbocycles. The van der Waals surface area contributed by atoms with E-state index in [9.17, 15) is 4.39 Å². The van der Waals surface area contributed by atoms with Crippen molar-refractivity contribution in [2.45, 2.75) is 45.4 Å². The van der Waals surface area contributed by atoms with Gasteiger partial charge in [-0.1, -0.05) is 20.3 Å². The molecule has 1 unspecified atom stereocenters. The Kier molecular flexibility index (Phi) is 6.28. The fourth-order valence-corrected chi connectivity index (χ4v) is 2.04. The van der Waals surface area contributed by atoms with Crippen molar-refractivity contribution >= 4 is 0 Å². The maximum Gasteiger partial charge on any atom is 0.123 e. The van der Waals surface area contributed by atoms with Crippen LogP contribution in [0.15, 0.2) is 18.2 Å². The van der Waals surface area contributed by atoms with Gasteiger partial charge in [0.25, 0.3) is 0 Å². The van der Waals surface area contributed by atoms with Crippen molar-refractivity contribution in [3.05, 3.63) is 29.6 Å². The average molecular weight is 248 g/mol. The lowest BCUT2D eigenvalue weighted by Crippen LogP contribution is -2.04. The Morgan fingerprint density at radius 3 is 2.72 bits per heavy atom. The van der Waals surface area contributed by atoms with Gasteiger partial charge in [-0.25, -0.2) is 4.39 Å². The highest BCUT2D eigenvalue weighted by molar-refractivity contribution is 5.37. The van der Waals surface area contributed by atoms with E-state index in [0.717, 1.165) is 30.6 Å². The van der Waals surface area contributed by atoms with Crippen LogP contribution in [0, 0.1) is 18.2 Å². The van der Waals surface area contributed by atoms with E-state index in [1.54, 1.807) is 12.1 Å². The summed E-state index contributed by atoms with van der Waals surface area (Å²) < 4.78 is 19.1. The quantitative estimate of drug-likeness (QED) is 0.644. The molecule has 1 nitrogen and oxygen atoms in total. The highest BCUT2D eigenvalue weighted by Crippen LogP contribution is 2.33. The monoisotopic (exact) mass is 248 g/mol. The van der Waals surface area contributed by atoms with E-state index in [1.165, 1.54) is 6.07 Å². The van der Waals surface area contributed by atoms with Crippen LogP contribution in [0.5, 0.6) is 5.75 Å². The fourth-order valence-electron chi connectivity index (χ4n) is 2.04. The number of rotatable bonds is 7. The van der Waals surface area contributed by atoms with Crippen molar-refractivity contribution in [2.75, 3.05) is 6.61 Å². The van der Waals surface area contributed by atoms with Crippen LogP contribution in [-0.2, 0) is 0 Å². The number of ether oxygens (including phenoxy) is 1. The molecule has 0 aliphatic rings. The number of benzene rings is 1. The van der Waals surface area contributed by atoms with Crippen molar-refractivity contribution < 1.29 is 9.13 Å². The van der Waals surface area contributed by atoms with Crippen LogP contribution in [0.2, 0.25) is 0 Å². The Labute approximate surface area is 109 Å². The van der Waals surface area contributed by atoms with Gasteiger partial charge in [0.2, 0.25) is 0 Å². The summed E-state index contributed by atoms with van der Waals surface area (Å²) in [5, 5.41) is 0. The van der Waals surface area contributed by atoms with Crippen LogP contribution in [0.25, 0.3) is 0 Å². The molecule has 0 aliphatic heterocycles. The summed E-state index contributed by atoms with van der Waals surface area (Å²) in [5.74, 6) is 3.40. The Balaban J connectivity index is 3.00. The number of terminal acetylenes is 1. The topological polar surface area (TPSA) is 9.23 Å². The van der Waals surface area contributed by atoms with Gasteiger partial charge in [0.1, 0.15) is 11.6 Å². The maximum atomic E-state index is 13.4. The largest absolute Gasteiger partial charge is 0.493 e. The normalized spacial score (nSPS) is 11.9. The van der Waals surface area contributed by atoms with E-state index in [1.807, 2.05) is 6.92 Å². The highest BCUT2D eigenvalue weighted by Gasteiger charge is 2.15. The lowest BCUT2D eigenvalue weighted by atomic mass is 9.91. The van der Waals surface area contributed by atoms with Gasteiger partial charge in [-0.05, 0) is 37.0 Å². The van der Waals surface area contributed by atoms with Crippen LogP contribution < -0.4 is 4.74 Å². The number of hydrogen-bond acceptors (Lipinski definition) is 1. The molecule has 0 heterocycles. The molecule has 2 heteroatoms. The van der Waals surface area contributed by atoms with Crippen molar-refractivity contribution in [3.8, 4) is 18.1 Å². The van der Waals surface area contributed by atoms with Gasteiger partial charge in [0, 0.05) is 12.0 Å². The Morgan fingerprint density at radius 1 is 1.33 bits per heavy atom. The standard InChI is InChI=1S/C16H21FO/c1-4-7-13(8-5-2)15-12-14(17)9-10-16(15)18-11-6-3/h1,9-10,12-13H,5-8,11H2,2-3H3. The molecule has 1 aromatic carbocycles. The van der Waals surface area contributed by atoms with Crippen LogP contribution >= 0.6 is 0 Å². The molecule has 0 N–H and O–H groups in total.